The fraction of sp³-hybridized carbons (Fsp3) is 0.300. The fourth-order valence-corrected chi connectivity index (χ4v) is 3.29. The second-order valence-corrected chi connectivity index (χ2v) is 7.29. The monoisotopic (exact) mass is 396 g/mol. The second-order valence-electron chi connectivity index (χ2n) is 6.38. The number of nitriles is 1. The maximum atomic E-state index is 8.85. The number of hydrogen-bond donors (Lipinski definition) is 2. The Hall–Kier alpha value is -2.32. The highest BCUT2D eigenvalue weighted by molar-refractivity contribution is 9.10. The number of nitrogens with one attached hydrogen (secondary N) is 2. The summed E-state index contributed by atoms with van der Waals surface area (Å²) in [7, 11) is 1.78. The summed E-state index contributed by atoms with van der Waals surface area (Å²) >= 11 is 3.56. The first kappa shape index (κ1) is 17.5. The van der Waals surface area contributed by atoms with Gasteiger partial charge in [-0.25, -0.2) is 0 Å². The molecule has 4 nitrogen and oxygen atoms in total. The minimum atomic E-state index is 0.218. The average molecular weight is 397 g/mol. The normalized spacial score (nSPS) is 15.3. The van der Waals surface area contributed by atoms with Gasteiger partial charge in [0.05, 0.1) is 11.6 Å². The SMILES string of the molecule is CN=C(NCc1ccc(C#N)cc1)NCC1(c2cccc(Br)c2)CC1. The first-order valence-corrected chi connectivity index (χ1v) is 9.14. The summed E-state index contributed by atoms with van der Waals surface area (Å²) < 4.78 is 1.12. The molecule has 0 spiro atoms. The van der Waals surface area contributed by atoms with E-state index in [-0.39, 0.29) is 5.41 Å². The summed E-state index contributed by atoms with van der Waals surface area (Å²) in [5.41, 5.74) is 3.39. The Morgan fingerprint density at radius 1 is 1.20 bits per heavy atom. The quantitative estimate of drug-likeness (QED) is 0.597. The lowest BCUT2D eigenvalue weighted by Crippen LogP contribution is -2.40. The molecule has 25 heavy (non-hydrogen) atoms. The standard InChI is InChI=1S/C20H21BrN4/c1-23-19(24-13-16-7-5-15(12-22)6-8-16)25-14-20(9-10-20)17-3-2-4-18(21)11-17/h2-8,11H,9-10,13-14H2,1H3,(H2,23,24,25). The zero-order valence-corrected chi connectivity index (χ0v) is 15.8. The van der Waals surface area contributed by atoms with Gasteiger partial charge in [-0.15, -0.1) is 0 Å². The van der Waals surface area contributed by atoms with Gasteiger partial charge < -0.3 is 10.6 Å². The van der Waals surface area contributed by atoms with Crippen molar-refractivity contribution in [1.82, 2.24) is 10.6 Å². The summed E-state index contributed by atoms with van der Waals surface area (Å²) in [4.78, 5) is 4.31. The van der Waals surface area contributed by atoms with E-state index in [4.69, 9.17) is 5.26 Å². The van der Waals surface area contributed by atoms with Crippen LogP contribution in [-0.2, 0) is 12.0 Å². The van der Waals surface area contributed by atoms with Gasteiger partial charge in [0, 0.05) is 30.0 Å². The molecule has 5 heteroatoms. The zero-order chi connectivity index (χ0) is 17.7. The molecule has 0 amide bonds. The van der Waals surface area contributed by atoms with E-state index in [1.165, 1.54) is 18.4 Å². The Morgan fingerprint density at radius 3 is 2.56 bits per heavy atom. The van der Waals surface area contributed by atoms with Crippen molar-refractivity contribution in [1.29, 1.82) is 5.26 Å². The molecule has 0 unspecified atom stereocenters. The predicted molar refractivity (Wildman–Crippen MR) is 104 cm³/mol. The van der Waals surface area contributed by atoms with Gasteiger partial charge in [-0.2, -0.15) is 5.26 Å². The molecule has 2 aromatic carbocycles. The number of aliphatic imine (C=N–C) groups is 1. The molecule has 2 aromatic rings. The summed E-state index contributed by atoms with van der Waals surface area (Å²) in [6.45, 7) is 1.55. The van der Waals surface area contributed by atoms with Gasteiger partial charge in [0.2, 0.25) is 0 Å². The van der Waals surface area contributed by atoms with Crippen molar-refractivity contribution in [3.63, 3.8) is 0 Å². The molecule has 0 aromatic heterocycles. The van der Waals surface area contributed by atoms with Crippen LogP contribution in [-0.4, -0.2) is 19.6 Å². The average Bonchev–Trinajstić information content (AvgIpc) is 3.43. The molecule has 0 bridgehead atoms. The fourth-order valence-electron chi connectivity index (χ4n) is 2.89. The van der Waals surface area contributed by atoms with Crippen molar-refractivity contribution in [3.05, 3.63) is 69.7 Å². The summed E-state index contributed by atoms with van der Waals surface area (Å²) in [6, 6.07) is 18.3. The summed E-state index contributed by atoms with van der Waals surface area (Å²) in [6.07, 6.45) is 2.39. The zero-order valence-electron chi connectivity index (χ0n) is 14.2. The molecule has 0 atom stereocenters. The molecule has 0 saturated heterocycles. The minimum absolute atomic E-state index is 0.218. The number of benzene rings is 2. The van der Waals surface area contributed by atoms with E-state index >= 15 is 0 Å². The Labute approximate surface area is 157 Å². The van der Waals surface area contributed by atoms with Gasteiger partial charge in [-0.1, -0.05) is 40.2 Å². The van der Waals surface area contributed by atoms with E-state index in [9.17, 15) is 0 Å². The van der Waals surface area contributed by atoms with E-state index in [0.717, 1.165) is 22.5 Å². The van der Waals surface area contributed by atoms with Crippen molar-refractivity contribution in [3.8, 4) is 6.07 Å². The third-order valence-corrected chi connectivity index (χ3v) is 5.14. The first-order chi connectivity index (χ1) is 12.1. The number of rotatable bonds is 5. The Morgan fingerprint density at radius 2 is 1.96 bits per heavy atom. The molecule has 2 N–H and O–H groups in total. The van der Waals surface area contributed by atoms with Crippen molar-refractivity contribution in [2.24, 2.45) is 4.99 Å². The van der Waals surface area contributed by atoms with Crippen LogP contribution in [0.4, 0.5) is 0 Å². The highest BCUT2D eigenvalue weighted by Gasteiger charge is 2.44. The van der Waals surface area contributed by atoms with Crippen LogP contribution in [0.15, 0.2) is 58.0 Å². The molecule has 0 heterocycles. The molecule has 1 fully saturated rings. The number of nitrogens with zero attached hydrogens (tertiary/aromatic N) is 2. The van der Waals surface area contributed by atoms with Crippen molar-refractivity contribution in [2.75, 3.05) is 13.6 Å². The maximum absolute atomic E-state index is 8.85. The van der Waals surface area contributed by atoms with E-state index in [1.54, 1.807) is 7.05 Å². The minimum Gasteiger partial charge on any atom is -0.356 e. The number of halogens is 1. The smallest absolute Gasteiger partial charge is 0.191 e. The second kappa shape index (κ2) is 7.71. The van der Waals surface area contributed by atoms with Crippen molar-refractivity contribution >= 4 is 21.9 Å². The lowest BCUT2D eigenvalue weighted by atomic mass is 9.96. The van der Waals surface area contributed by atoms with Crippen LogP contribution >= 0.6 is 15.9 Å². The lowest BCUT2D eigenvalue weighted by molar-refractivity contribution is 0.645. The molecular formula is C20H21BrN4. The van der Waals surface area contributed by atoms with Gasteiger partial charge in [0.1, 0.15) is 0 Å². The van der Waals surface area contributed by atoms with Gasteiger partial charge in [-0.3, -0.25) is 4.99 Å². The maximum Gasteiger partial charge on any atom is 0.191 e. The van der Waals surface area contributed by atoms with E-state index in [0.29, 0.717) is 12.1 Å². The molecule has 1 aliphatic rings. The number of hydrogen-bond acceptors (Lipinski definition) is 2. The van der Waals surface area contributed by atoms with Crippen LogP contribution in [0.25, 0.3) is 0 Å². The summed E-state index contributed by atoms with van der Waals surface area (Å²) in [5, 5.41) is 15.6. The topological polar surface area (TPSA) is 60.2 Å². The van der Waals surface area contributed by atoms with Gasteiger partial charge >= 0.3 is 0 Å². The van der Waals surface area contributed by atoms with Crippen LogP contribution < -0.4 is 10.6 Å². The number of guanidine groups is 1. The van der Waals surface area contributed by atoms with Crippen LogP contribution in [0.5, 0.6) is 0 Å². The van der Waals surface area contributed by atoms with E-state index in [2.05, 4.69) is 61.9 Å². The third-order valence-electron chi connectivity index (χ3n) is 4.65. The highest BCUT2D eigenvalue weighted by atomic mass is 79.9. The van der Waals surface area contributed by atoms with E-state index < -0.39 is 0 Å². The molecule has 0 radical (unpaired) electrons. The van der Waals surface area contributed by atoms with Crippen LogP contribution in [0, 0.1) is 11.3 Å². The molecule has 3 rings (SSSR count). The van der Waals surface area contributed by atoms with Crippen molar-refractivity contribution in [2.45, 2.75) is 24.8 Å². The van der Waals surface area contributed by atoms with Crippen LogP contribution in [0.3, 0.4) is 0 Å². The van der Waals surface area contributed by atoms with Gasteiger partial charge in [0.15, 0.2) is 5.96 Å². The van der Waals surface area contributed by atoms with Gasteiger partial charge in [-0.05, 0) is 48.2 Å². The Balaban J connectivity index is 1.55. The lowest BCUT2D eigenvalue weighted by Gasteiger charge is -2.19. The van der Waals surface area contributed by atoms with Gasteiger partial charge in [0.25, 0.3) is 0 Å². The van der Waals surface area contributed by atoms with Crippen molar-refractivity contribution < 1.29 is 0 Å². The third kappa shape index (κ3) is 4.40. The first-order valence-electron chi connectivity index (χ1n) is 8.35. The van der Waals surface area contributed by atoms with E-state index in [1.807, 2.05) is 24.3 Å². The molecule has 1 aliphatic carbocycles. The largest absolute Gasteiger partial charge is 0.356 e. The Bertz CT molecular complexity index is 801. The predicted octanol–water partition coefficient (Wildman–Crippen LogP) is 3.72. The van der Waals surface area contributed by atoms with Crippen LogP contribution in [0.1, 0.15) is 29.5 Å². The summed E-state index contributed by atoms with van der Waals surface area (Å²) in [5.74, 6) is 0.797. The molecule has 0 aliphatic heterocycles. The molecular weight excluding hydrogens is 376 g/mol. The molecule has 1 saturated carbocycles. The molecule has 128 valence electrons. The highest BCUT2D eigenvalue weighted by Crippen LogP contribution is 2.48. The Kier molecular flexibility index (Phi) is 5.40. The van der Waals surface area contributed by atoms with Crippen LogP contribution in [0.2, 0.25) is 0 Å².